The number of hydrogen-bond acceptors (Lipinski definition) is 5. The number of pyridine rings is 1. The third kappa shape index (κ3) is 2.82. The number of nitrogens with zero attached hydrogens (tertiary/aromatic N) is 3. The van der Waals surface area contributed by atoms with Crippen LogP contribution in [0, 0.1) is 5.82 Å². The van der Waals surface area contributed by atoms with E-state index >= 15 is 0 Å². The van der Waals surface area contributed by atoms with Gasteiger partial charge in [0.15, 0.2) is 5.82 Å². The fraction of sp³-hybridized carbons (Fsp3) is 0.176. The average Bonchev–Trinajstić information content (AvgIpc) is 3.22. The van der Waals surface area contributed by atoms with Gasteiger partial charge in [0.2, 0.25) is 5.91 Å². The molecule has 1 amide bonds. The quantitative estimate of drug-likeness (QED) is 0.788. The van der Waals surface area contributed by atoms with E-state index in [9.17, 15) is 14.0 Å². The molecule has 1 fully saturated rings. The normalized spacial score (nSPS) is 17.2. The number of nitrogens with one attached hydrogen (secondary N) is 1. The van der Waals surface area contributed by atoms with Crippen LogP contribution >= 0.6 is 0 Å². The molecule has 25 heavy (non-hydrogen) atoms. The van der Waals surface area contributed by atoms with E-state index in [1.165, 1.54) is 23.2 Å². The summed E-state index contributed by atoms with van der Waals surface area (Å²) in [7, 11) is 0. The van der Waals surface area contributed by atoms with Gasteiger partial charge in [-0.05, 0) is 30.3 Å². The van der Waals surface area contributed by atoms with E-state index in [0.717, 1.165) is 0 Å². The second-order valence-corrected chi connectivity index (χ2v) is 5.76. The number of H-pyrrole nitrogens is 1. The maximum absolute atomic E-state index is 13.4. The van der Waals surface area contributed by atoms with Crippen LogP contribution in [0.4, 0.5) is 10.1 Å². The predicted molar refractivity (Wildman–Crippen MR) is 86.5 cm³/mol. The number of aromatic amines is 1. The van der Waals surface area contributed by atoms with Crippen LogP contribution in [0.5, 0.6) is 0 Å². The van der Waals surface area contributed by atoms with Crippen molar-refractivity contribution in [1.29, 1.82) is 0 Å². The van der Waals surface area contributed by atoms with Crippen LogP contribution in [0.1, 0.15) is 18.2 Å². The summed E-state index contributed by atoms with van der Waals surface area (Å²) in [6.07, 6.45) is 1.70. The average molecular weight is 340 g/mol. The lowest BCUT2D eigenvalue weighted by atomic mass is 10.1. The van der Waals surface area contributed by atoms with Gasteiger partial charge in [0, 0.05) is 30.8 Å². The van der Waals surface area contributed by atoms with Crippen LogP contribution in [0.15, 0.2) is 51.9 Å². The lowest BCUT2D eigenvalue weighted by Crippen LogP contribution is -2.24. The first kappa shape index (κ1) is 15.3. The Morgan fingerprint density at radius 1 is 1.24 bits per heavy atom. The number of amides is 1. The van der Waals surface area contributed by atoms with Crippen molar-refractivity contribution in [3.63, 3.8) is 0 Å². The fourth-order valence-corrected chi connectivity index (χ4v) is 2.87. The van der Waals surface area contributed by atoms with Gasteiger partial charge in [-0.25, -0.2) is 4.39 Å². The molecule has 4 rings (SSSR count). The lowest BCUT2D eigenvalue weighted by molar-refractivity contribution is -0.117. The number of aromatic nitrogens is 3. The molecule has 0 bridgehead atoms. The molecule has 0 unspecified atom stereocenters. The summed E-state index contributed by atoms with van der Waals surface area (Å²) in [6.45, 7) is 0.326. The standard InChI is InChI=1S/C17H13FN4O3/c18-11-3-1-4-12(8-11)22-9-10(7-14(22)23)15-20-17(25-21-15)13-5-2-6-19-16(13)24/h1-6,8,10H,7,9H2,(H,19,24)/t10-/m1/s1. The van der Waals surface area contributed by atoms with Gasteiger partial charge >= 0.3 is 0 Å². The van der Waals surface area contributed by atoms with Crippen molar-refractivity contribution >= 4 is 11.6 Å². The number of benzene rings is 1. The molecule has 1 aliphatic heterocycles. The van der Waals surface area contributed by atoms with Crippen LogP contribution in [-0.4, -0.2) is 27.6 Å². The molecule has 0 spiro atoms. The third-order valence-corrected chi connectivity index (χ3v) is 4.10. The monoisotopic (exact) mass is 340 g/mol. The minimum Gasteiger partial charge on any atom is -0.334 e. The Kier molecular flexibility index (Phi) is 3.64. The van der Waals surface area contributed by atoms with Gasteiger partial charge < -0.3 is 14.4 Å². The summed E-state index contributed by atoms with van der Waals surface area (Å²) < 4.78 is 18.6. The minimum atomic E-state index is -0.404. The molecule has 126 valence electrons. The second kappa shape index (κ2) is 5.97. The van der Waals surface area contributed by atoms with E-state index in [4.69, 9.17) is 4.52 Å². The molecule has 3 aromatic rings. The van der Waals surface area contributed by atoms with Gasteiger partial charge in [0.25, 0.3) is 11.4 Å². The zero-order valence-electron chi connectivity index (χ0n) is 13.0. The van der Waals surface area contributed by atoms with Crippen LogP contribution < -0.4 is 10.5 Å². The summed E-state index contributed by atoms with van der Waals surface area (Å²) in [5.41, 5.74) is 0.435. The van der Waals surface area contributed by atoms with Crippen molar-refractivity contribution in [3.05, 3.63) is 64.6 Å². The lowest BCUT2D eigenvalue weighted by Gasteiger charge is -2.15. The molecule has 0 radical (unpaired) electrons. The molecule has 1 atom stereocenters. The first-order valence-electron chi connectivity index (χ1n) is 7.69. The molecule has 7 nitrogen and oxygen atoms in total. The SMILES string of the molecule is O=C1C[C@@H](c2noc(-c3ccc[nH]c3=O)n2)CN1c1cccc(F)c1. The maximum atomic E-state index is 13.4. The first-order chi connectivity index (χ1) is 12.1. The Morgan fingerprint density at radius 3 is 2.92 bits per heavy atom. The fourth-order valence-electron chi connectivity index (χ4n) is 2.87. The zero-order chi connectivity index (χ0) is 17.4. The Hall–Kier alpha value is -3.29. The molecule has 1 aromatic carbocycles. The molecule has 1 saturated heterocycles. The largest absolute Gasteiger partial charge is 0.334 e. The van der Waals surface area contributed by atoms with Crippen molar-refractivity contribution in [2.45, 2.75) is 12.3 Å². The van der Waals surface area contributed by atoms with Gasteiger partial charge in [-0.1, -0.05) is 11.2 Å². The first-order valence-corrected chi connectivity index (χ1v) is 7.69. The van der Waals surface area contributed by atoms with Crippen molar-refractivity contribution in [3.8, 4) is 11.5 Å². The number of carbonyl (C=O) groups is 1. The Labute approximate surface area is 141 Å². The number of hydrogen-bond donors (Lipinski definition) is 1. The summed E-state index contributed by atoms with van der Waals surface area (Å²) in [5, 5.41) is 3.90. The molecule has 0 saturated carbocycles. The molecule has 1 aliphatic rings. The zero-order valence-corrected chi connectivity index (χ0v) is 13.0. The smallest absolute Gasteiger partial charge is 0.263 e. The molecule has 1 N–H and O–H groups in total. The summed E-state index contributed by atoms with van der Waals surface area (Å²) >= 11 is 0. The van der Waals surface area contributed by atoms with Gasteiger partial charge in [-0.15, -0.1) is 0 Å². The van der Waals surface area contributed by atoms with Crippen molar-refractivity contribution < 1.29 is 13.7 Å². The van der Waals surface area contributed by atoms with E-state index in [-0.39, 0.29) is 35.3 Å². The molecule has 3 heterocycles. The minimum absolute atomic E-state index is 0.105. The molecule has 0 aliphatic carbocycles. The van der Waals surface area contributed by atoms with Gasteiger partial charge in [0.05, 0.1) is 0 Å². The number of rotatable bonds is 3. The van der Waals surface area contributed by atoms with Crippen LogP contribution in [-0.2, 0) is 4.79 Å². The van der Waals surface area contributed by atoms with E-state index in [1.807, 2.05) is 0 Å². The van der Waals surface area contributed by atoms with Gasteiger partial charge in [-0.2, -0.15) is 4.98 Å². The van der Waals surface area contributed by atoms with Crippen LogP contribution in [0.2, 0.25) is 0 Å². The molecule has 2 aromatic heterocycles. The third-order valence-electron chi connectivity index (χ3n) is 4.10. The molecular formula is C17H13FN4O3. The van der Waals surface area contributed by atoms with Crippen molar-refractivity contribution in [2.24, 2.45) is 0 Å². The highest BCUT2D eigenvalue weighted by atomic mass is 19.1. The summed E-state index contributed by atoms with van der Waals surface area (Å²) in [4.78, 5) is 32.3. The van der Waals surface area contributed by atoms with E-state index in [1.54, 1.807) is 24.3 Å². The van der Waals surface area contributed by atoms with E-state index < -0.39 is 5.82 Å². The second-order valence-electron chi connectivity index (χ2n) is 5.76. The topological polar surface area (TPSA) is 92.1 Å². The predicted octanol–water partition coefficient (Wildman–Crippen LogP) is 2.08. The van der Waals surface area contributed by atoms with Crippen molar-refractivity contribution in [2.75, 3.05) is 11.4 Å². The Bertz CT molecular complexity index is 997. The molecule has 8 heteroatoms. The number of halogens is 1. The van der Waals surface area contributed by atoms with E-state index in [0.29, 0.717) is 18.1 Å². The van der Waals surface area contributed by atoms with Crippen LogP contribution in [0.25, 0.3) is 11.5 Å². The number of carbonyl (C=O) groups excluding carboxylic acids is 1. The Balaban J connectivity index is 1.59. The summed E-state index contributed by atoms with van der Waals surface area (Å²) in [6, 6.07) is 9.10. The van der Waals surface area contributed by atoms with E-state index in [2.05, 4.69) is 15.1 Å². The van der Waals surface area contributed by atoms with Gasteiger partial charge in [0.1, 0.15) is 11.4 Å². The Morgan fingerprint density at radius 2 is 2.12 bits per heavy atom. The number of anilines is 1. The van der Waals surface area contributed by atoms with Crippen molar-refractivity contribution in [1.82, 2.24) is 15.1 Å². The highest BCUT2D eigenvalue weighted by molar-refractivity contribution is 5.96. The highest BCUT2D eigenvalue weighted by Crippen LogP contribution is 2.31. The van der Waals surface area contributed by atoms with Crippen LogP contribution in [0.3, 0.4) is 0 Å². The summed E-state index contributed by atoms with van der Waals surface area (Å²) in [5.74, 6) is -0.367. The molecular weight excluding hydrogens is 327 g/mol. The van der Waals surface area contributed by atoms with Gasteiger partial charge in [-0.3, -0.25) is 9.59 Å². The maximum Gasteiger partial charge on any atom is 0.263 e. The highest BCUT2D eigenvalue weighted by Gasteiger charge is 2.34.